The van der Waals surface area contributed by atoms with Crippen molar-refractivity contribution in [2.24, 2.45) is 10.2 Å². The molecule has 0 N–H and O–H groups in total. The van der Waals surface area contributed by atoms with Gasteiger partial charge in [0.15, 0.2) is 0 Å². The summed E-state index contributed by atoms with van der Waals surface area (Å²) >= 11 is 13.4. The molecule has 0 saturated heterocycles. The van der Waals surface area contributed by atoms with E-state index in [4.69, 9.17) is 23.2 Å². The number of halogens is 2. The van der Waals surface area contributed by atoms with Gasteiger partial charge in [0.2, 0.25) is 0 Å². The Balaban J connectivity index is 2.02. The third-order valence-electron chi connectivity index (χ3n) is 3.76. The average Bonchev–Trinajstić information content (AvgIpc) is 2.36. The van der Waals surface area contributed by atoms with E-state index in [0.29, 0.717) is 0 Å². The molecule has 1 aliphatic heterocycles. The summed E-state index contributed by atoms with van der Waals surface area (Å²) in [6.45, 7) is 0. The van der Waals surface area contributed by atoms with Crippen molar-refractivity contribution in [2.45, 2.75) is 35.4 Å². The van der Waals surface area contributed by atoms with E-state index < -0.39 is 9.75 Å². The number of alkyl halides is 2. The first kappa shape index (κ1) is 12.2. The van der Waals surface area contributed by atoms with Crippen LogP contribution in [-0.2, 0) is 0 Å². The van der Waals surface area contributed by atoms with Crippen molar-refractivity contribution in [3.8, 4) is 0 Å². The molecule has 0 aromatic heterocycles. The third-order valence-corrected chi connectivity index (χ3v) is 4.84. The van der Waals surface area contributed by atoms with Crippen LogP contribution in [0.25, 0.3) is 0 Å². The maximum atomic E-state index is 6.68. The zero-order valence-corrected chi connectivity index (χ0v) is 11.5. The fourth-order valence-electron chi connectivity index (χ4n) is 2.55. The molecule has 0 radical (unpaired) electrons. The molecule has 1 heterocycles. The molecule has 2 unspecified atom stereocenters. The van der Waals surface area contributed by atoms with Gasteiger partial charge in [-0.1, -0.05) is 24.3 Å². The number of hydrogen-bond donors (Lipinski definition) is 0. The summed E-state index contributed by atoms with van der Waals surface area (Å²) in [7, 11) is 0. The molecule has 0 bridgehead atoms. The second kappa shape index (κ2) is 4.36. The average molecular weight is 281 g/mol. The quantitative estimate of drug-likeness (QED) is 0.566. The largest absolute Gasteiger partial charge is 0.153 e. The molecule has 3 rings (SSSR count). The molecule has 0 amide bonds. The van der Waals surface area contributed by atoms with E-state index >= 15 is 0 Å². The Morgan fingerprint density at radius 1 is 0.833 bits per heavy atom. The van der Waals surface area contributed by atoms with Crippen LogP contribution in [0.2, 0.25) is 0 Å². The van der Waals surface area contributed by atoms with Crippen LogP contribution >= 0.6 is 23.2 Å². The van der Waals surface area contributed by atoms with E-state index in [1.54, 1.807) is 0 Å². The lowest BCUT2D eigenvalue weighted by Gasteiger charge is -2.35. The van der Waals surface area contributed by atoms with Crippen LogP contribution in [0.15, 0.2) is 58.1 Å². The van der Waals surface area contributed by atoms with Crippen molar-refractivity contribution in [3.05, 3.63) is 47.9 Å². The minimum atomic E-state index is -0.438. The van der Waals surface area contributed by atoms with Gasteiger partial charge in [-0.25, -0.2) is 0 Å². The monoisotopic (exact) mass is 280 g/mol. The molecule has 3 aliphatic rings. The molecule has 4 heteroatoms. The molecule has 0 aromatic rings. The number of fused-ring (bicyclic) bond motifs is 2. The van der Waals surface area contributed by atoms with Crippen molar-refractivity contribution in [2.75, 3.05) is 0 Å². The predicted molar refractivity (Wildman–Crippen MR) is 74.9 cm³/mol. The van der Waals surface area contributed by atoms with E-state index in [1.165, 1.54) is 0 Å². The van der Waals surface area contributed by atoms with Crippen molar-refractivity contribution >= 4 is 23.2 Å². The molecule has 0 fully saturated rings. The van der Waals surface area contributed by atoms with E-state index in [2.05, 4.69) is 22.4 Å². The molecule has 0 spiro atoms. The van der Waals surface area contributed by atoms with Crippen molar-refractivity contribution < 1.29 is 0 Å². The lowest BCUT2D eigenvalue weighted by molar-refractivity contribution is 0.477. The summed E-state index contributed by atoms with van der Waals surface area (Å²) in [6.07, 6.45) is 15.2. The fourth-order valence-corrected chi connectivity index (χ4v) is 3.11. The van der Waals surface area contributed by atoms with E-state index in [1.807, 2.05) is 24.3 Å². The number of hydrogen-bond acceptors (Lipinski definition) is 2. The fraction of sp³-hybridized carbons (Fsp3) is 0.429. The molecular formula is C14H14Cl2N2. The summed E-state index contributed by atoms with van der Waals surface area (Å²) in [6, 6.07) is 0. The highest BCUT2D eigenvalue weighted by Gasteiger charge is 2.41. The van der Waals surface area contributed by atoms with E-state index in [-0.39, 0.29) is 0 Å². The first-order valence-electron chi connectivity index (χ1n) is 6.17. The highest BCUT2D eigenvalue weighted by molar-refractivity contribution is 6.27. The zero-order chi connectivity index (χ0) is 12.6. The number of nitrogens with zero attached hydrogens (tertiary/aromatic N) is 2. The first-order chi connectivity index (χ1) is 8.62. The van der Waals surface area contributed by atoms with Gasteiger partial charge in [0, 0.05) is 0 Å². The second-order valence-electron chi connectivity index (χ2n) is 5.00. The molecular weight excluding hydrogens is 267 g/mol. The summed E-state index contributed by atoms with van der Waals surface area (Å²) in [5.74, 6) is 0. The van der Waals surface area contributed by atoms with E-state index in [0.717, 1.165) is 37.1 Å². The highest BCUT2D eigenvalue weighted by Crippen LogP contribution is 2.46. The topological polar surface area (TPSA) is 24.7 Å². The Morgan fingerprint density at radius 3 is 1.72 bits per heavy atom. The van der Waals surface area contributed by atoms with Crippen LogP contribution in [0.4, 0.5) is 0 Å². The Labute approximate surface area is 117 Å². The van der Waals surface area contributed by atoms with Crippen molar-refractivity contribution in [3.63, 3.8) is 0 Å². The smallest absolute Gasteiger partial charge is 0.0919 e. The lowest BCUT2D eigenvalue weighted by Crippen LogP contribution is -2.33. The second-order valence-corrected chi connectivity index (χ2v) is 6.45. The summed E-state index contributed by atoms with van der Waals surface area (Å²) < 4.78 is 0. The number of allylic oxidation sites excluding steroid dienone is 8. The SMILES string of the molecule is ClC12CC=CC=C1N=NC1=CC=CCC1(Cl)CC2. The molecule has 2 aliphatic carbocycles. The third kappa shape index (κ3) is 1.98. The molecule has 0 saturated carbocycles. The summed E-state index contributed by atoms with van der Waals surface area (Å²) in [5.41, 5.74) is 1.70. The van der Waals surface area contributed by atoms with Gasteiger partial charge in [-0.2, -0.15) is 10.2 Å². The van der Waals surface area contributed by atoms with Crippen molar-refractivity contribution in [1.29, 1.82) is 0 Å². The predicted octanol–water partition coefficient (Wildman–Crippen LogP) is 4.88. The van der Waals surface area contributed by atoms with Gasteiger partial charge in [-0.3, -0.25) is 0 Å². The van der Waals surface area contributed by atoms with Crippen LogP contribution < -0.4 is 0 Å². The van der Waals surface area contributed by atoms with E-state index in [9.17, 15) is 0 Å². The molecule has 0 aromatic carbocycles. The highest BCUT2D eigenvalue weighted by atomic mass is 35.5. The Kier molecular flexibility index (Phi) is 2.95. The summed E-state index contributed by atoms with van der Waals surface area (Å²) in [5, 5.41) is 8.65. The minimum absolute atomic E-state index is 0.438. The molecule has 94 valence electrons. The van der Waals surface area contributed by atoms with Gasteiger partial charge in [-0.15, -0.1) is 23.2 Å². The standard InChI is InChI=1S/C14H14Cl2N2/c15-13-7-3-1-5-11(13)17-18-12-6-2-4-8-14(12,16)10-9-13/h1-6H,7-10H2. The zero-order valence-electron chi connectivity index (χ0n) is 9.94. The van der Waals surface area contributed by atoms with Gasteiger partial charge in [0.1, 0.15) is 0 Å². The number of azo groups is 1. The van der Waals surface area contributed by atoms with Gasteiger partial charge >= 0.3 is 0 Å². The normalized spacial score (nSPS) is 38.1. The molecule has 2 nitrogen and oxygen atoms in total. The van der Waals surface area contributed by atoms with Crippen LogP contribution in [0, 0.1) is 0 Å². The minimum Gasteiger partial charge on any atom is -0.153 e. The van der Waals surface area contributed by atoms with Gasteiger partial charge in [0.05, 0.1) is 21.1 Å². The maximum Gasteiger partial charge on any atom is 0.0919 e. The first-order valence-corrected chi connectivity index (χ1v) is 6.92. The van der Waals surface area contributed by atoms with Crippen LogP contribution in [0.3, 0.4) is 0 Å². The lowest BCUT2D eigenvalue weighted by atomic mass is 9.83. The Bertz CT molecular complexity index is 470. The van der Waals surface area contributed by atoms with Gasteiger partial charge in [0.25, 0.3) is 0 Å². The Hall–Kier alpha value is -0.860. The molecule has 18 heavy (non-hydrogen) atoms. The van der Waals surface area contributed by atoms with Crippen LogP contribution in [0.1, 0.15) is 25.7 Å². The van der Waals surface area contributed by atoms with Gasteiger partial charge in [-0.05, 0) is 37.8 Å². The maximum absolute atomic E-state index is 6.68. The summed E-state index contributed by atoms with van der Waals surface area (Å²) in [4.78, 5) is -0.875. The number of rotatable bonds is 0. The van der Waals surface area contributed by atoms with Crippen LogP contribution in [0.5, 0.6) is 0 Å². The Morgan fingerprint density at radius 2 is 1.28 bits per heavy atom. The van der Waals surface area contributed by atoms with Gasteiger partial charge < -0.3 is 0 Å². The molecule has 2 atom stereocenters. The van der Waals surface area contributed by atoms with Crippen LogP contribution in [-0.4, -0.2) is 9.75 Å². The van der Waals surface area contributed by atoms with Crippen molar-refractivity contribution in [1.82, 2.24) is 0 Å².